The van der Waals surface area contributed by atoms with Gasteiger partial charge < -0.3 is 5.32 Å². The molecule has 0 aromatic heterocycles. The molecule has 0 aromatic rings. The Kier molecular flexibility index (Phi) is 5.41. The standard InChI is InChI=1S/C12H25N3O2S/c16-18(17,15-12-7-8-12)14-10-9-13-11-5-3-1-2-4-6-11/h11-15H,1-10H2. The van der Waals surface area contributed by atoms with Crippen LogP contribution in [0.15, 0.2) is 0 Å². The Morgan fingerprint density at radius 3 is 2.11 bits per heavy atom. The molecule has 0 bridgehead atoms. The van der Waals surface area contributed by atoms with E-state index >= 15 is 0 Å². The van der Waals surface area contributed by atoms with Crippen LogP contribution in [0.4, 0.5) is 0 Å². The first kappa shape index (κ1) is 14.2. The highest BCUT2D eigenvalue weighted by Crippen LogP contribution is 2.19. The van der Waals surface area contributed by atoms with E-state index in [0.29, 0.717) is 12.6 Å². The van der Waals surface area contributed by atoms with Gasteiger partial charge in [-0.05, 0) is 25.7 Å². The van der Waals surface area contributed by atoms with Crippen molar-refractivity contribution in [1.82, 2.24) is 14.8 Å². The van der Waals surface area contributed by atoms with Crippen molar-refractivity contribution in [3.63, 3.8) is 0 Å². The van der Waals surface area contributed by atoms with E-state index in [2.05, 4.69) is 14.8 Å². The summed E-state index contributed by atoms with van der Waals surface area (Å²) < 4.78 is 28.3. The van der Waals surface area contributed by atoms with E-state index in [0.717, 1.165) is 19.4 Å². The second-order valence-electron chi connectivity index (χ2n) is 5.43. The summed E-state index contributed by atoms with van der Waals surface area (Å²) in [5.74, 6) is 0. The summed E-state index contributed by atoms with van der Waals surface area (Å²) in [6.45, 7) is 1.19. The predicted molar refractivity (Wildman–Crippen MR) is 72.6 cm³/mol. The quantitative estimate of drug-likeness (QED) is 0.477. The fourth-order valence-electron chi connectivity index (χ4n) is 2.41. The SMILES string of the molecule is O=S(=O)(NCCNC1CCCCCC1)NC1CC1. The molecule has 2 saturated carbocycles. The molecule has 0 radical (unpaired) electrons. The summed E-state index contributed by atoms with van der Waals surface area (Å²) in [7, 11) is -3.27. The maximum Gasteiger partial charge on any atom is 0.277 e. The van der Waals surface area contributed by atoms with Crippen LogP contribution in [0.5, 0.6) is 0 Å². The lowest BCUT2D eigenvalue weighted by Crippen LogP contribution is -2.42. The highest BCUT2D eigenvalue weighted by Gasteiger charge is 2.26. The molecule has 6 heteroatoms. The molecular formula is C12H25N3O2S. The van der Waals surface area contributed by atoms with Crippen LogP contribution in [0.25, 0.3) is 0 Å². The van der Waals surface area contributed by atoms with Crippen LogP contribution < -0.4 is 14.8 Å². The highest BCUT2D eigenvalue weighted by molar-refractivity contribution is 7.87. The predicted octanol–water partition coefficient (Wildman–Crippen LogP) is 0.885. The lowest BCUT2D eigenvalue weighted by molar-refractivity contribution is 0.460. The number of hydrogen-bond donors (Lipinski definition) is 3. The molecule has 0 aromatic carbocycles. The largest absolute Gasteiger partial charge is 0.313 e. The van der Waals surface area contributed by atoms with Gasteiger partial charge in [0.15, 0.2) is 0 Å². The lowest BCUT2D eigenvalue weighted by atomic mass is 10.1. The van der Waals surface area contributed by atoms with Crippen LogP contribution in [0, 0.1) is 0 Å². The minimum atomic E-state index is -3.27. The third-order valence-corrected chi connectivity index (χ3v) is 4.83. The fourth-order valence-corrected chi connectivity index (χ4v) is 3.54. The average Bonchev–Trinajstić information content (AvgIpc) is 3.11. The fraction of sp³-hybridized carbons (Fsp3) is 1.00. The molecule has 2 aliphatic carbocycles. The van der Waals surface area contributed by atoms with Crippen molar-refractivity contribution >= 4 is 10.2 Å². The maximum absolute atomic E-state index is 11.5. The summed E-state index contributed by atoms with van der Waals surface area (Å²) in [6, 6.07) is 0.755. The Bertz CT molecular complexity index is 333. The Balaban J connectivity index is 1.56. The molecule has 2 rings (SSSR count). The normalized spacial score (nSPS) is 22.9. The summed E-state index contributed by atoms with van der Waals surface area (Å²) in [5, 5.41) is 3.45. The Morgan fingerprint density at radius 2 is 1.50 bits per heavy atom. The first-order valence-electron chi connectivity index (χ1n) is 7.16. The van der Waals surface area contributed by atoms with E-state index in [9.17, 15) is 8.42 Å². The molecular weight excluding hydrogens is 250 g/mol. The summed E-state index contributed by atoms with van der Waals surface area (Å²) in [4.78, 5) is 0. The maximum atomic E-state index is 11.5. The van der Waals surface area contributed by atoms with Crippen LogP contribution in [0.3, 0.4) is 0 Å². The molecule has 5 nitrogen and oxygen atoms in total. The average molecular weight is 275 g/mol. The van der Waals surface area contributed by atoms with E-state index < -0.39 is 10.2 Å². The molecule has 3 N–H and O–H groups in total. The van der Waals surface area contributed by atoms with Gasteiger partial charge in [-0.1, -0.05) is 25.7 Å². The van der Waals surface area contributed by atoms with Gasteiger partial charge in [0.05, 0.1) is 0 Å². The van der Waals surface area contributed by atoms with Crippen molar-refractivity contribution < 1.29 is 8.42 Å². The van der Waals surface area contributed by atoms with Crippen molar-refractivity contribution in [1.29, 1.82) is 0 Å². The van der Waals surface area contributed by atoms with Gasteiger partial charge >= 0.3 is 0 Å². The van der Waals surface area contributed by atoms with Gasteiger partial charge in [0.2, 0.25) is 0 Å². The van der Waals surface area contributed by atoms with Gasteiger partial charge in [-0.15, -0.1) is 0 Å². The van der Waals surface area contributed by atoms with Crippen LogP contribution in [-0.2, 0) is 10.2 Å². The van der Waals surface area contributed by atoms with Crippen LogP contribution in [-0.4, -0.2) is 33.6 Å². The molecule has 0 heterocycles. The lowest BCUT2D eigenvalue weighted by Gasteiger charge is -2.16. The second kappa shape index (κ2) is 6.84. The van der Waals surface area contributed by atoms with Crippen LogP contribution in [0.2, 0.25) is 0 Å². The van der Waals surface area contributed by atoms with Gasteiger partial charge in [0, 0.05) is 25.2 Å². The summed E-state index contributed by atoms with van der Waals surface area (Å²) in [6.07, 6.45) is 9.69. The third-order valence-electron chi connectivity index (χ3n) is 3.60. The second-order valence-corrected chi connectivity index (χ2v) is 6.96. The van der Waals surface area contributed by atoms with E-state index in [-0.39, 0.29) is 6.04 Å². The molecule has 0 saturated heterocycles. The van der Waals surface area contributed by atoms with E-state index in [1.165, 1.54) is 38.5 Å². The van der Waals surface area contributed by atoms with Crippen molar-refractivity contribution in [3.05, 3.63) is 0 Å². The van der Waals surface area contributed by atoms with Crippen LogP contribution >= 0.6 is 0 Å². The summed E-state index contributed by atoms with van der Waals surface area (Å²) in [5.41, 5.74) is 0. The van der Waals surface area contributed by atoms with E-state index in [4.69, 9.17) is 0 Å². The first-order valence-corrected chi connectivity index (χ1v) is 8.64. The monoisotopic (exact) mass is 275 g/mol. The zero-order chi connectivity index (χ0) is 12.8. The molecule has 0 amide bonds. The molecule has 2 fully saturated rings. The van der Waals surface area contributed by atoms with Crippen LogP contribution in [0.1, 0.15) is 51.4 Å². The first-order chi connectivity index (χ1) is 8.66. The Morgan fingerprint density at radius 1 is 0.833 bits per heavy atom. The number of hydrogen-bond acceptors (Lipinski definition) is 3. The van der Waals surface area contributed by atoms with Crippen molar-refractivity contribution in [2.75, 3.05) is 13.1 Å². The van der Waals surface area contributed by atoms with Crippen molar-refractivity contribution in [2.45, 2.75) is 63.5 Å². The summed E-state index contributed by atoms with van der Waals surface area (Å²) >= 11 is 0. The van der Waals surface area contributed by atoms with Gasteiger partial charge in [0.25, 0.3) is 10.2 Å². The van der Waals surface area contributed by atoms with E-state index in [1.54, 1.807) is 0 Å². The molecule has 0 unspecified atom stereocenters. The van der Waals surface area contributed by atoms with Gasteiger partial charge in [-0.3, -0.25) is 0 Å². The molecule has 0 spiro atoms. The zero-order valence-corrected chi connectivity index (χ0v) is 11.8. The van der Waals surface area contributed by atoms with Crippen molar-refractivity contribution in [2.24, 2.45) is 0 Å². The topological polar surface area (TPSA) is 70.2 Å². The Labute approximate surface area is 110 Å². The molecule has 0 aliphatic heterocycles. The zero-order valence-electron chi connectivity index (χ0n) is 11.0. The molecule has 2 aliphatic rings. The molecule has 106 valence electrons. The van der Waals surface area contributed by atoms with E-state index in [1.807, 2.05) is 0 Å². The van der Waals surface area contributed by atoms with Gasteiger partial charge in [-0.25, -0.2) is 4.72 Å². The molecule has 18 heavy (non-hydrogen) atoms. The smallest absolute Gasteiger partial charge is 0.277 e. The minimum Gasteiger partial charge on any atom is -0.313 e. The third kappa shape index (κ3) is 5.65. The number of rotatable bonds is 7. The molecule has 0 atom stereocenters. The highest BCUT2D eigenvalue weighted by atomic mass is 32.2. The number of nitrogens with one attached hydrogen (secondary N) is 3. The van der Waals surface area contributed by atoms with Gasteiger partial charge in [-0.2, -0.15) is 13.1 Å². The van der Waals surface area contributed by atoms with Crippen molar-refractivity contribution in [3.8, 4) is 0 Å². The van der Waals surface area contributed by atoms with Gasteiger partial charge in [0.1, 0.15) is 0 Å². The Hall–Kier alpha value is -0.170. The minimum absolute atomic E-state index is 0.178.